The van der Waals surface area contributed by atoms with Crippen molar-refractivity contribution in [2.24, 2.45) is 5.92 Å². The molecular weight excluding hydrogens is 428 g/mol. The first-order valence-electron chi connectivity index (χ1n) is 12.1. The van der Waals surface area contributed by atoms with E-state index >= 15 is 0 Å². The summed E-state index contributed by atoms with van der Waals surface area (Å²) in [6, 6.07) is 10.2. The Morgan fingerprint density at radius 1 is 1.18 bits per heavy atom. The van der Waals surface area contributed by atoms with Gasteiger partial charge < -0.3 is 25.8 Å². The number of rotatable bonds is 3. The standard InChI is InChI=1S/C26H36N6O2/c1-18-8-9-26(3,20-6-5-7-22(15-20)31-12-10-30(4)11-13-31)32(17-18)25(34)24(33)29-21-14-19(2)23(27)28-16-21/h5-7,14-16,18H,8-13,17H2,1-4H3,(H2,27,28)(H,29,33)/t18-,26-/m0/s1. The van der Waals surface area contributed by atoms with Crippen molar-refractivity contribution in [1.82, 2.24) is 14.8 Å². The van der Waals surface area contributed by atoms with Gasteiger partial charge in [-0.1, -0.05) is 19.1 Å². The second-order valence-corrected chi connectivity index (χ2v) is 10.1. The summed E-state index contributed by atoms with van der Waals surface area (Å²) in [6.45, 7) is 10.6. The zero-order valence-corrected chi connectivity index (χ0v) is 20.7. The topological polar surface area (TPSA) is 94.8 Å². The minimum Gasteiger partial charge on any atom is -0.383 e. The van der Waals surface area contributed by atoms with Gasteiger partial charge in [0.05, 0.1) is 17.4 Å². The van der Waals surface area contributed by atoms with E-state index in [1.807, 2.05) is 6.92 Å². The number of carbonyl (C=O) groups is 2. The smallest absolute Gasteiger partial charge is 0.313 e. The predicted molar refractivity (Wildman–Crippen MR) is 136 cm³/mol. The number of nitrogen functional groups attached to an aromatic ring is 1. The van der Waals surface area contributed by atoms with E-state index in [0.717, 1.165) is 50.1 Å². The van der Waals surface area contributed by atoms with E-state index in [1.165, 1.54) is 11.9 Å². The number of anilines is 3. The highest BCUT2D eigenvalue weighted by molar-refractivity contribution is 6.39. The SMILES string of the molecule is Cc1cc(NC(=O)C(=O)N2C[C@@H](C)CC[C@@]2(C)c2cccc(N3CCN(C)CC3)c2)cnc1N. The van der Waals surface area contributed by atoms with Gasteiger partial charge in [-0.2, -0.15) is 0 Å². The molecule has 0 aliphatic carbocycles. The number of likely N-dealkylation sites (N-methyl/N-ethyl adjacent to an activating group) is 1. The predicted octanol–water partition coefficient (Wildman–Crippen LogP) is 2.84. The molecule has 3 N–H and O–H groups in total. The lowest BCUT2D eigenvalue weighted by molar-refractivity contribution is -0.150. The minimum absolute atomic E-state index is 0.325. The summed E-state index contributed by atoms with van der Waals surface area (Å²) in [5.74, 6) is -0.442. The number of amides is 2. The molecule has 2 aromatic rings. The van der Waals surface area contributed by atoms with Crippen molar-refractivity contribution in [1.29, 1.82) is 0 Å². The lowest BCUT2D eigenvalue weighted by Crippen LogP contribution is -2.55. The molecule has 0 unspecified atom stereocenters. The number of piperazine rings is 1. The Morgan fingerprint density at radius 3 is 2.62 bits per heavy atom. The van der Waals surface area contributed by atoms with Crippen molar-refractivity contribution in [2.75, 3.05) is 55.7 Å². The number of nitrogens with two attached hydrogens (primary N) is 1. The normalized spacial score (nSPS) is 23.6. The zero-order valence-electron chi connectivity index (χ0n) is 20.7. The van der Waals surface area contributed by atoms with E-state index in [9.17, 15) is 9.59 Å². The van der Waals surface area contributed by atoms with Gasteiger partial charge in [0, 0.05) is 38.4 Å². The maximum absolute atomic E-state index is 13.5. The third kappa shape index (κ3) is 4.87. The maximum Gasteiger partial charge on any atom is 0.313 e. The Kier molecular flexibility index (Phi) is 6.79. The largest absolute Gasteiger partial charge is 0.383 e. The third-order valence-electron chi connectivity index (χ3n) is 7.37. The van der Waals surface area contributed by atoms with E-state index < -0.39 is 17.4 Å². The van der Waals surface area contributed by atoms with Crippen LogP contribution < -0.4 is 16.0 Å². The van der Waals surface area contributed by atoms with Gasteiger partial charge in [-0.15, -0.1) is 0 Å². The van der Waals surface area contributed by atoms with Crippen LogP contribution >= 0.6 is 0 Å². The van der Waals surface area contributed by atoms with Crippen molar-refractivity contribution in [3.8, 4) is 0 Å². The highest BCUT2D eigenvalue weighted by atomic mass is 16.2. The number of benzene rings is 1. The van der Waals surface area contributed by atoms with Gasteiger partial charge in [-0.3, -0.25) is 9.59 Å². The summed E-state index contributed by atoms with van der Waals surface area (Å²) in [5, 5.41) is 2.72. The first-order valence-corrected chi connectivity index (χ1v) is 12.1. The zero-order chi connectivity index (χ0) is 24.5. The number of piperidine rings is 1. The van der Waals surface area contributed by atoms with Crippen molar-refractivity contribution < 1.29 is 9.59 Å². The highest BCUT2D eigenvalue weighted by Gasteiger charge is 2.43. The van der Waals surface area contributed by atoms with Gasteiger partial charge in [0.25, 0.3) is 0 Å². The average molecular weight is 465 g/mol. The number of aromatic nitrogens is 1. The van der Waals surface area contributed by atoms with Gasteiger partial charge in [0.2, 0.25) is 0 Å². The van der Waals surface area contributed by atoms with Crippen LogP contribution in [0.5, 0.6) is 0 Å². The Hall–Kier alpha value is -3.13. The molecule has 0 radical (unpaired) electrons. The van der Waals surface area contributed by atoms with Gasteiger partial charge in [0.1, 0.15) is 5.82 Å². The van der Waals surface area contributed by atoms with Crippen LogP contribution in [-0.2, 0) is 15.1 Å². The molecule has 2 atom stereocenters. The molecule has 2 amide bonds. The molecule has 8 nitrogen and oxygen atoms in total. The van der Waals surface area contributed by atoms with Crippen molar-refractivity contribution in [3.05, 3.63) is 47.7 Å². The summed E-state index contributed by atoms with van der Waals surface area (Å²) in [6.07, 6.45) is 3.29. The van der Waals surface area contributed by atoms with Crippen LogP contribution in [0.15, 0.2) is 36.5 Å². The van der Waals surface area contributed by atoms with Crippen LogP contribution in [0.4, 0.5) is 17.2 Å². The Morgan fingerprint density at radius 2 is 1.91 bits per heavy atom. The van der Waals surface area contributed by atoms with Crippen LogP contribution in [0, 0.1) is 12.8 Å². The first kappa shape index (κ1) is 24.0. The second-order valence-electron chi connectivity index (χ2n) is 10.1. The molecule has 1 aromatic heterocycles. The molecule has 0 saturated carbocycles. The summed E-state index contributed by atoms with van der Waals surface area (Å²) in [4.78, 5) is 37.0. The minimum atomic E-state index is -0.651. The lowest BCUT2D eigenvalue weighted by atomic mass is 9.78. The van der Waals surface area contributed by atoms with Crippen LogP contribution in [0.1, 0.15) is 37.8 Å². The summed E-state index contributed by atoms with van der Waals surface area (Å²) < 4.78 is 0. The van der Waals surface area contributed by atoms with Gasteiger partial charge in [-0.25, -0.2) is 4.98 Å². The fourth-order valence-corrected chi connectivity index (χ4v) is 4.94. The van der Waals surface area contributed by atoms with Gasteiger partial charge in [-0.05, 0) is 69.0 Å². The molecule has 2 saturated heterocycles. The molecule has 2 aliphatic rings. The molecule has 3 heterocycles. The Balaban J connectivity index is 1.58. The van der Waals surface area contributed by atoms with E-state index in [-0.39, 0.29) is 0 Å². The van der Waals surface area contributed by atoms with E-state index in [4.69, 9.17) is 5.73 Å². The number of likely N-dealkylation sites (tertiary alicyclic amines) is 1. The molecule has 2 aliphatic heterocycles. The molecule has 0 spiro atoms. The molecule has 8 heteroatoms. The monoisotopic (exact) mass is 464 g/mol. The van der Waals surface area contributed by atoms with E-state index in [2.05, 4.69) is 65.3 Å². The Labute approximate surface area is 202 Å². The number of nitrogens with zero attached hydrogens (tertiary/aromatic N) is 4. The number of pyridine rings is 1. The van der Waals surface area contributed by atoms with E-state index in [1.54, 1.807) is 11.0 Å². The van der Waals surface area contributed by atoms with E-state index in [0.29, 0.717) is 24.0 Å². The fourth-order valence-electron chi connectivity index (χ4n) is 4.94. The third-order valence-corrected chi connectivity index (χ3v) is 7.37. The maximum atomic E-state index is 13.5. The summed E-state index contributed by atoms with van der Waals surface area (Å²) in [7, 11) is 2.15. The molecule has 4 rings (SSSR count). The van der Waals surface area contributed by atoms with Crippen LogP contribution in [0.2, 0.25) is 0 Å². The molecule has 34 heavy (non-hydrogen) atoms. The van der Waals surface area contributed by atoms with Crippen LogP contribution in [-0.4, -0.2) is 66.4 Å². The molecule has 2 fully saturated rings. The quantitative estimate of drug-likeness (QED) is 0.679. The molecule has 1 aromatic carbocycles. The number of nitrogens with one attached hydrogen (secondary N) is 1. The first-order chi connectivity index (χ1) is 16.2. The Bertz CT molecular complexity index is 1070. The fraction of sp³-hybridized carbons (Fsp3) is 0.500. The van der Waals surface area contributed by atoms with Gasteiger partial charge >= 0.3 is 11.8 Å². The summed E-state index contributed by atoms with van der Waals surface area (Å²) >= 11 is 0. The van der Waals surface area contributed by atoms with Crippen molar-refractivity contribution >= 4 is 29.0 Å². The number of hydrogen-bond donors (Lipinski definition) is 2. The average Bonchev–Trinajstić information content (AvgIpc) is 2.83. The number of hydrogen-bond acceptors (Lipinski definition) is 6. The van der Waals surface area contributed by atoms with Crippen LogP contribution in [0.25, 0.3) is 0 Å². The highest BCUT2D eigenvalue weighted by Crippen LogP contribution is 2.40. The lowest BCUT2D eigenvalue weighted by Gasteiger charge is -2.47. The summed E-state index contributed by atoms with van der Waals surface area (Å²) in [5.41, 5.74) is 8.68. The molecule has 0 bridgehead atoms. The van der Waals surface area contributed by atoms with Crippen LogP contribution in [0.3, 0.4) is 0 Å². The van der Waals surface area contributed by atoms with Crippen molar-refractivity contribution in [3.63, 3.8) is 0 Å². The van der Waals surface area contributed by atoms with Gasteiger partial charge in [0.15, 0.2) is 0 Å². The second kappa shape index (κ2) is 9.62. The number of carbonyl (C=O) groups excluding carboxylic acids is 2. The molecular formula is C26H36N6O2. The van der Waals surface area contributed by atoms with Crippen molar-refractivity contribution in [2.45, 2.75) is 39.2 Å². The number of aryl methyl sites for hydroxylation is 1. The molecule has 182 valence electrons.